The molecule has 0 unspecified atom stereocenters. The van der Waals surface area contributed by atoms with Gasteiger partial charge in [-0.05, 0) is 58.7 Å². The molecule has 0 aromatic heterocycles. The first kappa shape index (κ1) is 14.6. The number of carbonyl (C=O) groups is 1. The van der Waals surface area contributed by atoms with Crippen LogP contribution in [0.15, 0.2) is 18.2 Å². The highest BCUT2D eigenvalue weighted by molar-refractivity contribution is 14.1. The Bertz CT molecular complexity index is 382. The number of thioether (sulfide) groups is 1. The van der Waals surface area contributed by atoms with E-state index in [2.05, 4.69) is 29.5 Å². The van der Waals surface area contributed by atoms with E-state index in [4.69, 9.17) is 9.84 Å². The second-order valence-electron chi connectivity index (χ2n) is 3.35. The number of benzene rings is 1. The van der Waals surface area contributed by atoms with Crippen molar-refractivity contribution in [2.24, 2.45) is 0 Å². The molecule has 17 heavy (non-hydrogen) atoms. The topological polar surface area (TPSA) is 46.5 Å². The minimum absolute atomic E-state index is 0.267. The van der Waals surface area contributed by atoms with E-state index in [1.54, 1.807) is 18.2 Å². The first-order valence-electron chi connectivity index (χ1n) is 5.38. The van der Waals surface area contributed by atoms with E-state index in [9.17, 15) is 4.79 Å². The van der Waals surface area contributed by atoms with E-state index >= 15 is 0 Å². The van der Waals surface area contributed by atoms with E-state index < -0.39 is 5.97 Å². The zero-order valence-corrected chi connectivity index (χ0v) is 12.6. The lowest BCUT2D eigenvalue weighted by molar-refractivity contribution is 0.0696. The molecule has 0 radical (unpaired) electrons. The van der Waals surface area contributed by atoms with Crippen LogP contribution in [0.1, 0.15) is 23.7 Å². The molecule has 94 valence electrons. The summed E-state index contributed by atoms with van der Waals surface area (Å²) in [7, 11) is 0. The molecule has 1 aromatic rings. The molecule has 0 atom stereocenters. The SMILES string of the molecule is CCSCCCOc1cc(C(=O)O)ccc1I. The number of ether oxygens (including phenoxy) is 1. The first-order chi connectivity index (χ1) is 8.15. The number of rotatable bonds is 7. The Morgan fingerprint density at radius 1 is 1.53 bits per heavy atom. The van der Waals surface area contributed by atoms with Gasteiger partial charge in [-0.25, -0.2) is 4.79 Å². The van der Waals surface area contributed by atoms with Crippen LogP contribution < -0.4 is 4.74 Å². The second-order valence-corrected chi connectivity index (χ2v) is 5.91. The van der Waals surface area contributed by atoms with Gasteiger partial charge >= 0.3 is 5.97 Å². The zero-order chi connectivity index (χ0) is 12.7. The lowest BCUT2D eigenvalue weighted by atomic mass is 10.2. The number of aromatic carboxylic acids is 1. The third-order valence-electron chi connectivity index (χ3n) is 2.07. The summed E-state index contributed by atoms with van der Waals surface area (Å²) in [5, 5.41) is 8.88. The molecule has 1 rings (SSSR count). The molecule has 1 aromatic carbocycles. The van der Waals surface area contributed by atoms with Gasteiger partial charge in [-0.1, -0.05) is 6.92 Å². The predicted octanol–water partition coefficient (Wildman–Crippen LogP) is 3.51. The van der Waals surface area contributed by atoms with Gasteiger partial charge < -0.3 is 9.84 Å². The lowest BCUT2D eigenvalue weighted by Crippen LogP contribution is -2.03. The highest BCUT2D eigenvalue weighted by Gasteiger charge is 2.07. The Hall–Kier alpha value is -0.430. The van der Waals surface area contributed by atoms with Crippen molar-refractivity contribution >= 4 is 40.3 Å². The first-order valence-corrected chi connectivity index (χ1v) is 7.62. The molecule has 0 aliphatic rings. The molecular weight excluding hydrogens is 351 g/mol. The maximum absolute atomic E-state index is 10.8. The zero-order valence-electron chi connectivity index (χ0n) is 9.61. The van der Waals surface area contributed by atoms with Crippen molar-refractivity contribution in [2.75, 3.05) is 18.1 Å². The Balaban J connectivity index is 2.51. The second kappa shape index (κ2) is 7.81. The number of carboxylic acid groups (broad SMARTS) is 1. The molecule has 3 nitrogen and oxygen atoms in total. The van der Waals surface area contributed by atoms with Gasteiger partial charge in [0.05, 0.1) is 15.7 Å². The van der Waals surface area contributed by atoms with Gasteiger partial charge in [0.25, 0.3) is 0 Å². The van der Waals surface area contributed by atoms with Crippen molar-refractivity contribution in [3.63, 3.8) is 0 Å². The Kier molecular flexibility index (Phi) is 6.72. The largest absolute Gasteiger partial charge is 0.492 e. The molecule has 0 bridgehead atoms. The van der Waals surface area contributed by atoms with E-state index in [0.29, 0.717) is 12.4 Å². The van der Waals surface area contributed by atoms with Crippen LogP contribution in [0.25, 0.3) is 0 Å². The van der Waals surface area contributed by atoms with Crippen molar-refractivity contribution in [3.8, 4) is 5.75 Å². The Morgan fingerprint density at radius 2 is 2.29 bits per heavy atom. The summed E-state index contributed by atoms with van der Waals surface area (Å²) < 4.78 is 6.53. The molecule has 0 aliphatic carbocycles. The lowest BCUT2D eigenvalue weighted by Gasteiger charge is -2.08. The van der Waals surface area contributed by atoms with Gasteiger partial charge in [-0.15, -0.1) is 0 Å². The molecular formula is C12H15IO3S. The van der Waals surface area contributed by atoms with E-state index in [1.165, 1.54) is 0 Å². The molecule has 0 aliphatic heterocycles. The van der Waals surface area contributed by atoms with Crippen molar-refractivity contribution < 1.29 is 14.6 Å². The van der Waals surface area contributed by atoms with Crippen LogP contribution in [-0.4, -0.2) is 29.2 Å². The smallest absolute Gasteiger partial charge is 0.335 e. The molecule has 1 N–H and O–H groups in total. The maximum atomic E-state index is 10.8. The molecule has 0 spiro atoms. The minimum Gasteiger partial charge on any atom is -0.492 e. The molecule has 0 amide bonds. The van der Waals surface area contributed by atoms with Gasteiger partial charge in [-0.3, -0.25) is 0 Å². The van der Waals surface area contributed by atoms with Gasteiger partial charge in [0.2, 0.25) is 0 Å². The molecule has 0 saturated heterocycles. The molecule has 0 heterocycles. The Morgan fingerprint density at radius 3 is 2.94 bits per heavy atom. The fourth-order valence-electron chi connectivity index (χ4n) is 1.23. The van der Waals surface area contributed by atoms with Gasteiger partial charge in [0.1, 0.15) is 5.75 Å². The number of hydrogen-bond donors (Lipinski definition) is 1. The number of carboxylic acids is 1. The normalized spacial score (nSPS) is 10.2. The maximum Gasteiger partial charge on any atom is 0.335 e. The van der Waals surface area contributed by atoms with Crippen LogP contribution >= 0.6 is 34.4 Å². The summed E-state index contributed by atoms with van der Waals surface area (Å²) in [5.74, 6) is 1.93. The summed E-state index contributed by atoms with van der Waals surface area (Å²) in [6, 6.07) is 4.93. The van der Waals surface area contributed by atoms with Crippen LogP contribution in [-0.2, 0) is 0 Å². The summed E-state index contributed by atoms with van der Waals surface area (Å²) in [6.07, 6.45) is 0.978. The van der Waals surface area contributed by atoms with Crippen LogP contribution in [0, 0.1) is 3.57 Å². The van der Waals surface area contributed by atoms with Gasteiger partial charge in [0.15, 0.2) is 0 Å². The van der Waals surface area contributed by atoms with E-state index in [-0.39, 0.29) is 5.56 Å². The number of halogens is 1. The minimum atomic E-state index is -0.923. The summed E-state index contributed by atoms with van der Waals surface area (Å²) >= 11 is 4.03. The third-order valence-corrected chi connectivity index (χ3v) is 3.95. The Labute approximate surface area is 119 Å². The van der Waals surface area contributed by atoms with Crippen molar-refractivity contribution in [1.29, 1.82) is 0 Å². The van der Waals surface area contributed by atoms with Crippen LogP contribution in [0.4, 0.5) is 0 Å². The van der Waals surface area contributed by atoms with Gasteiger partial charge in [-0.2, -0.15) is 11.8 Å². The summed E-state index contributed by atoms with van der Waals surface area (Å²) in [5.41, 5.74) is 0.267. The fraction of sp³-hybridized carbons (Fsp3) is 0.417. The highest BCUT2D eigenvalue weighted by atomic mass is 127. The van der Waals surface area contributed by atoms with Crippen LogP contribution in [0.2, 0.25) is 0 Å². The number of hydrogen-bond acceptors (Lipinski definition) is 3. The molecule has 5 heteroatoms. The quantitative estimate of drug-likeness (QED) is 0.593. The van der Waals surface area contributed by atoms with Crippen LogP contribution in [0.5, 0.6) is 5.75 Å². The molecule has 0 fully saturated rings. The fourth-order valence-corrected chi connectivity index (χ4v) is 2.34. The predicted molar refractivity (Wildman–Crippen MR) is 79.2 cm³/mol. The average Bonchev–Trinajstić information content (AvgIpc) is 2.30. The van der Waals surface area contributed by atoms with E-state index in [0.717, 1.165) is 21.5 Å². The average molecular weight is 366 g/mol. The van der Waals surface area contributed by atoms with Crippen LogP contribution in [0.3, 0.4) is 0 Å². The highest BCUT2D eigenvalue weighted by Crippen LogP contribution is 2.22. The van der Waals surface area contributed by atoms with Gasteiger partial charge in [0, 0.05) is 0 Å². The van der Waals surface area contributed by atoms with E-state index in [1.807, 2.05) is 11.8 Å². The molecule has 0 saturated carbocycles. The van der Waals surface area contributed by atoms with Crippen molar-refractivity contribution in [1.82, 2.24) is 0 Å². The third kappa shape index (κ3) is 5.16. The van der Waals surface area contributed by atoms with Crippen molar-refractivity contribution in [2.45, 2.75) is 13.3 Å². The van der Waals surface area contributed by atoms with Crippen molar-refractivity contribution in [3.05, 3.63) is 27.3 Å². The standard InChI is InChI=1S/C12H15IO3S/c1-2-17-7-3-6-16-11-8-9(12(14)15)4-5-10(11)13/h4-5,8H,2-3,6-7H2,1H3,(H,14,15). The summed E-state index contributed by atoms with van der Waals surface area (Å²) in [4.78, 5) is 10.8. The summed E-state index contributed by atoms with van der Waals surface area (Å²) in [6.45, 7) is 2.76. The monoisotopic (exact) mass is 366 g/mol.